The molecule has 0 aliphatic rings. The highest BCUT2D eigenvalue weighted by molar-refractivity contribution is 7.80. The molecule has 1 rings (SSSR count). The number of carbonyl (C=O) groups is 2. The monoisotopic (exact) mass is 268 g/mol. The Hall–Kier alpha value is -1.49. The van der Waals surface area contributed by atoms with Gasteiger partial charge in [-0.2, -0.15) is 0 Å². The second kappa shape index (κ2) is 7.06. The number of carbonyl (C=O) groups excluding carboxylic acids is 2. The van der Waals surface area contributed by atoms with E-state index in [9.17, 15) is 9.59 Å². The quantitative estimate of drug-likeness (QED) is 0.657. The maximum Gasteiger partial charge on any atom is 0.338 e. The molecule has 0 aliphatic carbocycles. The molecule has 0 heterocycles. The van der Waals surface area contributed by atoms with Gasteiger partial charge in [-0.25, -0.2) is 4.79 Å². The summed E-state index contributed by atoms with van der Waals surface area (Å²) in [5, 5.41) is 0. The van der Waals surface area contributed by atoms with Crippen molar-refractivity contribution in [2.24, 2.45) is 0 Å². The third-order valence-corrected chi connectivity index (χ3v) is 2.69. The molecule has 0 aliphatic heterocycles. The number of esters is 2. The highest BCUT2D eigenvalue weighted by Gasteiger charge is 2.14. The maximum absolute atomic E-state index is 11.8. The van der Waals surface area contributed by atoms with Crippen LogP contribution in [0.4, 0.5) is 0 Å². The molecule has 0 bridgehead atoms. The number of rotatable bonds is 5. The number of hydrogen-bond acceptors (Lipinski definition) is 5. The van der Waals surface area contributed by atoms with Crippen LogP contribution >= 0.6 is 12.6 Å². The predicted octanol–water partition coefficient (Wildman–Crippen LogP) is 2.26. The van der Waals surface area contributed by atoms with Crippen molar-refractivity contribution in [1.29, 1.82) is 0 Å². The van der Waals surface area contributed by atoms with E-state index in [0.717, 1.165) is 5.56 Å². The van der Waals surface area contributed by atoms with Crippen molar-refractivity contribution in [3.8, 4) is 0 Å². The van der Waals surface area contributed by atoms with Crippen LogP contribution in [0.2, 0.25) is 0 Å². The number of ether oxygens (including phenoxy) is 2. The minimum atomic E-state index is -0.395. The molecule has 1 aromatic carbocycles. The van der Waals surface area contributed by atoms with Crippen LogP contribution in [0.1, 0.15) is 29.3 Å². The van der Waals surface area contributed by atoms with E-state index >= 15 is 0 Å². The molecule has 98 valence electrons. The minimum absolute atomic E-state index is 0.231. The Balaban J connectivity index is 2.89. The Morgan fingerprint density at radius 1 is 1.33 bits per heavy atom. The summed E-state index contributed by atoms with van der Waals surface area (Å²) >= 11 is 4.19. The average molecular weight is 268 g/mol. The zero-order valence-corrected chi connectivity index (χ0v) is 11.3. The molecule has 0 N–H and O–H groups in total. The summed E-state index contributed by atoms with van der Waals surface area (Å²) < 4.78 is 9.54. The highest BCUT2D eigenvalue weighted by atomic mass is 32.1. The Labute approximate surface area is 112 Å². The van der Waals surface area contributed by atoms with Crippen molar-refractivity contribution in [1.82, 2.24) is 0 Å². The fourth-order valence-corrected chi connectivity index (χ4v) is 1.72. The first-order chi connectivity index (χ1) is 8.58. The Bertz CT molecular complexity index is 443. The lowest BCUT2D eigenvalue weighted by molar-refractivity contribution is -0.140. The zero-order valence-electron chi connectivity index (χ0n) is 10.4. The molecule has 0 fully saturated rings. The molecule has 1 aromatic rings. The van der Waals surface area contributed by atoms with Gasteiger partial charge >= 0.3 is 11.9 Å². The smallest absolute Gasteiger partial charge is 0.338 e. The van der Waals surface area contributed by atoms with E-state index < -0.39 is 5.97 Å². The van der Waals surface area contributed by atoms with Gasteiger partial charge in [0.05, 0.1) is 19.3 Å². The molecule has 0 radical (unpaired) electrons. The molecule has 0 aromatic heterocycles. The van der Waals surface area contributed by atoms with E-state index in [1.807, 2.05) is 0 Å². The van der Waals surface area contributed by atoms with E-state index in [-0.39, 0.29) is 12.4 Å². The van der Waals surface area contributed by atoms with Gasteiger partial charge in [0.1, 0.15) is 0 Å². The molecule has 0 atom stereocenters. The zero-order chi connectivity index (χ0) is 13.5. The lowest BCUT2D eigenvalue weighted by atomic mass is 10.0. The molecule has 0 spiro atoms. The lowest BCUT2D eigenvalue weighted by Crippen LogP contribution is -2.10. The van der Waals surface area contributed by atoms with Gasteiger partial charge in [0.2, 0.25) is 0 Å². The molecule has 0 unspecified atom stereocenters. The van der Waals surface area contributed by atoms with Gasteiger partial charge in [-0.05, 0) is 31.0 Å². The van der Waals surface area contributed by atoms with Gasteiger partial charge in [0.15, 0.2) is 0 Å². The fourth-order valence-electron chi connectivity index (χ4n) is 1.52. The second-order valence-corrected chi connectivity index (χ2v) is 4.15. The summed E-state index contributed by atoms with van der Waals surface area (Å²) in [5.41, 5.74) is 1.21. The average Bonchev–Trinajstić information content (AvgIpc) is 2.37. The second-order valence-electron chi connectivity index (χ2n) is 3.64. The van der Waals surface area contributed by atoms with Crippen LogP contribution in [-0.4, -0.2) is 25.7 Å². The van der Waals surface area contributed by atoms with Crippen molar-refractivity contribution in [3.05, 3.63) is 29.3 Å². The molecule has 4 nitrogen and oxygen atoms in total. The van der Waals surface area contributed by atoms with Gasteiger partial charge < -0.3 is 9.47 Å². The summed E-state index contributed by atoms with van der Waals surface area (Å²) in [6, 6.07) is 5.20. The van der Waals surface area contributed by atoms with Crippen LogP contribution in [0.3, 0.4) is 0 Å². The first kappa shape index (κ1) is 14.6. The van der Waals surface area contributed by atoms with Crippen molar-refractivity contribution in [2.75, 3.05) is 13.7 Å². The Morgan fingerprint density at radius 2 is 2.06 bits per heavy atom. The van der Waals surface area contributed by atoms with E-state index in [1.165, 1.54) is 7.11 Å². The highest BCUT2D eigenvalue weighted by Crippen LogP contribution is 2.18. The van der Waals surface area contributed by atoms with Crippen LogP contribution in [-0.2, 0) is 20.7 Å². The first-order valence-electron chi connectivity index (χ1n) is 5.64. The first-order valence-corrected chi connectivity index (χ1v) is 6.09. The Morgan fingerprint density at radius 3 is 2.67 bits per heavy atom. The summed E-state index contributed by atoms with van der Waals surface area (Å²) in [6.07, 6.45) is 0.670. The van der Waals surface area contributed by atoms with E-state index in [0.29, 0.717) is 23.5 Å². The third kappa shape index (κ3) is 4.07. The van der Waals surface area contributed by atoms with Crippen molar-refractivity contribution in [3.63, 3.8) is 0 Å². The van der Waals surface area contributed by atoms with Crippen LogP contribution in [0.25, 0.3) is 0 Å². The number of benzene rings is 1. The van der Waals surface area contributed by atoms with Gasteiger partial charge in [0, 0.05) is 11.3 Å². The summed E-state index contributed by atoms with van der Waals surface area (Å²) in [4.78, 5) is 23.5. The summed E-state index contributed by atoms with van der Waals surface area (Å²) in [7, 11) is 1.34. The molecule has 0 saturated heterocycles. The third-order valence-electron chi connectivity index (χ3n) is 2.41. The lowest BCUT2D eigenvalue weighted by Gasteiger charge is -2.09. The number of aryl methyl sites for hydroxylation is 1. The van der Waals surface area contributed by atoms with Crippen molar-refractivity contribution in [2.45, 2.75) is 24.7 Å². The number of hydrogen-bond donors (Lipinski definition) is 1. The largest absolute Gasteiger partial charge is 0.469 e. The van der Waals surface area contributed by atoms with Crippen LogP contribution in [0.15, 0.2) is 23.1 Å². The fraction of sp³-hybridized carbons (Fsp3) is 0.385. The van der Waals surface area contributed by atoms with Gasteiger partial charge in [0.25, 0.3) is 0 Å². The minimum Gasteiger partial charge on any atom is -0.469 e. The van der Waals surface area contributed by atoms with Gasteiger partial charge in [-0.15, -0.1) is 12.6 Å². The number of methoxy groups -OCH3 is 1. The summed E-state index contributed by atoms with van der Waals surface area (Å²) in [6.45, 7) is 2.06. The van der Waals surface area contributed by atoms with Gasteiger partial charge in [-0.3, -0.25) is 4.79 Å². The Kier molecular flexibility index (Phi) is 5.71. The maximum atomic E-state index is 11.8. The predicted molar refractivity (Wildman–Crippen MR) is 70.0 cm³/mol. The standard InChI is InChI=1S/C13H16O4S/c1-3-17-13(15)11-8-10(18)6-4-9(11)5-7-12(14)16-2/h4,6,8,18H,3,5,7H2,1-2H3. The number of thiol groups is 1. The SMILES string of the molecule is CCOC(=O)c1cc(S)ccc1CCC(=O)OC. The molecular formula is C13H16O4S. The van der Waals surface area contributed by atoms with Crippen LogP contribution < -0.4 is 0 Å². The molecule has 0 saturated carbocycles. The van der Waals surface area contributed by atoms with E-state index in [2.05, 4.69) is 17.4 Å². The van der Waals surface area contributed by atoms with Crippen molar-refractivity contribution < 1.29 is 19.1 Å². The van der Waals surface area contributed by atoms with Crippen LogP contribution in [0, 0.1) is 0 Å². The van der Waals surface area contributed by atoms with Crippen molar-refractivity contribution >= 4 is 24.6 Å². The van der Waals surface area contributed by atoms with E-state index in [1.54, 1.807) is 25.1 Å². The van der Waals surface area contributed by atoms with Crippen LogP contribution in [0.5, 0.6) is 0 Å². The summed E-state index contributed by atoms with van der Waals surface area (Å²) in [5.74, 6) is -0.701. The molecule has 5 heteroatoms. The normalized spacial score (nSPS) is 9.94. The van der Waals surface area contributed by atoms with Gasteiger partial charge in [-0.1, -0.05) is 6.07 Å². The topological polar surface area (TPSA) is 52.6 Å². The van der Waals surface area contributed by atoms with E-state index in [4.69, 9.17) is 4.74 Å². The molecule has 18 heavy (non-hydrogen) atoms. The molecular weight excluding hydrogens is 252 g/mol. The molecule has 0 amide bonds.